The zero-order valence-electron chi connectivity index (χ0n) is 15.8. The third-order valence-electron chi connectivity index (χ3n) is 5.28. The number of aryl methyl sites for hydroxylation is 2. The number of sulfonamides is 1. The van der Waals surface area contributed by atoms with Gasteiger partial charge in [-0.05, 0) is 61.4 Å². The number of hydrogen-bond acceptors (Lipinski definition) is 4. The zero-order valence-corrected chi connectivity index (χ0v) is 16.6. The summed E-state index contributed by atoms with van der Waals surface area (Å²) in [6.45, 7) is 4.88. The third-order valence-corrected chi connectivity index (χ3v) is 6.59. The number of nitrogens with one attached hydrogen (secondary N) is 2. The number of pyridine rings is 1. The normalized spacial score (nSPS) is 16.6. The topological polar surface area (TPSA) is 99.3 Å². The van der Waals surface area contributed by atoms with Crippen molar-refractivity contribution in [3.05, 3.63) is 45.2 Å². The molecule has 1 aliphatic rings. The number of benzene rings is 1. The van der Waals surface area contributed by atoms with Crippen LogP contribution in [-0.4, -0.2) is 43.0 Å². The molecule has 0 saturated carbocycles. The average Bonchev–Trinajstić information content (AvgIpc) is 2.61. The molecular weight excluding hydrogens is 366 g/mol. The fourth-order valence-corrected chi connectivity index (χ4v) is 4.30. The fraction of sp³-hybridized carbons (Fsp3) is 0.474. The van der Waals surface area contributed by atoms with Crippen molar-refractivity contribution in [1.82, 2.24) is 14.6 Å². The number of carbonyl (C=O) groups is 1. The van der Waals surface area contributed by atoms with Gasteiger partial charge in [-0.2, -0.15) is 0 Å². The van der Waals surface area contributed by atoms with Crippen molar-refractivity contribution in [2.75, 3.05) is 19.3 Å². The van der Waals surface area contributed by atoms with Gasteiger partial charge in [-0.3, -0.25) is 9.59 Å². The summed E-state index contributed by atoms with van der Waals surface area (Å²) in [5.41, 5.74) is 3.33. The van der Waals surface area contributed by atoms with Gasteiger partial charge in [-0.1, -0.05) is 0 Å². The molecule has 7 nitrogen and oxygen atoms in total. The molecular formula is C19H25N3O4S. The summed E-state index contributed by atoms with van der Waals surface area (Å²) in [5, 5.41) is 3.76. The number of H-pyrrole nitrogens is 1. The van der Waals surface area contributed by atoms with Crippen LogP contribution >= 0.6 is 0 Å². The van der Waals surface area contributed by atoms with Gasteiger partial charge >= 0.3 is 0 Å². The molecule has 2 heterocycles. The molecule has 1 fully saturated rings. The molecule has 1 saturated heterocycles. The van der Waals surface area contributed by atoms with Gasteiger partial charge in [0, 0.05) is 36.6 Å². The summed E-state index contributed by atoms with van der Waals surface area (Å²) in [6, 6.07) is 5.78. The molecule has 1 amide bonds. The zero-order chi connectivity index (χ0) is 19.8. The summed E-state index contributed by atoms with van der Waals surface area (Å²) < 4.78 is 24.5. The second-order valence-electron chi connectivity index (χ2n) is 7.30. The standard InChI is InChI=1S/C19H25N3O4S/c1-12-8-15-10-16(19(24)21-17(15)9-13(12)2)11-20-18(23)14-4-6-22(7-5-14)27(3,25)26/h8-10,14H,4-7,11H2,1-3H3,(H,20,23)(H,21,24). The number of rotatable bonds is 4. The minimum absolute atomic E-state index is 0.136. The first-order valence-electron chi connectivity index (χ1n) is 9.01. The maximum absolute atomic E-state index is 12.4. The Balaban J connectivity index is 1.66. The molecule has 0 aliphatic carbocycles. The van der Waals surface area contributed by atoms with Gasteiger partial charge in [0.1, 0.15) is 0 Å². The molecule has 0 atom stereocenters. The number of carbonyl (C=O) groups excluding carboxylic acids is 1. The van der Waals surface area contributed by atoms with Gasteiger partial charge in [-0.25, -0.2) is 12.7 Å². The minimum atomic E-state index is -3.21. The van der Waals surface area contributed by atoms with E-state index in [-0.39, 0.29) is 23.9 Å². The molecule has 2 N–H and O–H groups in total. The van der Waals surface area contributed by atoms with E-state index in [0.717, 1.165) is 22.0 Å². The molecule has 0 spiro atoms. The van der Waals surface area contributed by atoms with Crippen molar-refractivity contribution in [3.8, 4) is 0 Å². The van der Waals surface area contributed by atoms with E-state index in [0.29, 0.717) is 31.5 Å². The maximum Gasteiger partial charge on any atom is 0.253 e. The van der Waals surface area contributed by atoms with Crippen molar-refractivity contribution >= 4 is 26.8 Å². The molecule has 3 rings (SSSR count). The molecule has 1 aromatic carbocycles. The SMILES string of the molecule is Cc1cc2cc(CNC(=O)C3CCN(S(C)(=O)=O)CC3)c(=O)[nH]c2cc1C. The van der Waals surface area contributed by atoms with Crippen molar-refractivity contribution in [3.63, 3.8) is 0 Å². The van der Waals surface area contributed by atoms with E-state index in [1.807, 2.05) is 32.0 Å². The van der Waals surface area contributed by atoms with Crippen LogP contribution in [0.4, 0.5) is 0 Å². The Bertz CT molecular complexity index is 1030. The Kier molecular flexibility index (Phi) is 5.39. The lowest BCUT2D eigenvalue weighted by molar-refractivity contribution is -0.126. The van der Waals surface area contributed by atoms with Crippen LogP contribution in [0.5, 0.6) is 0 Å². The highest BCUT2D eigenvalue weighted by atomic mass is 32.2. The molecule has 1 aromatic heterocycles. The van der Waals surface area contributed by atoms with E-state index in [4.69, 9.17) is 0 Å². The van der Waals surface area contributed by atoms with Gasteiger partial charge in [0.05, 0.1) is 6.26 Å². The van der Waals surface area contributed by atoms with Crippen LogP contribution in [0, 0.1) is 19.8 Å². The monoisotopic (exact) mass is 391 g/mol. The smallest absolute Gasteiger partial charge is 0.253 e. The Labute approximate surface area is 158 Å². The third kappa shape index (κ3) is 4.39. The van der Waals surface area contributed by atoms with Crippen molar-refractivity contribution < 1.29 is 13.2 Å². The predicted molar refractivity (Wildman–Crippen MR) is 105 cm³/mol. The number of fused-ring (bicyclic) bond motifs is 1. The van der Waals surface area contributed by atoms with Crippen LogP contribution in [-0.2, 0) is 21.4 Å². The lowest BCUT2D eigenvalue weighted by atomic mass is 9.97. The molecule has 27 heavy (non-hydrogen) atoms. The molecule has 146 valence electrons. The predicted octanol–water partition coefficient (Wildman–Crippen LogP) is 1.43. The molecule has 0 bridgehead atoms. The van der Waals surface area contributed by atoms with Crippen molar-refractivity contribution in [2.24, 2.45) is 5.92 Å². The lowest BCUT2D eigenvalue weighted by Gasteiger charge is -2.29. The largest absolute Gasteiger partial charge is 0.352 e. The Morgan fingerprint density at radius 2 is 1.81 bits per heavy atom. The number of amides is 1. The van der Waals surface area contributed by atoms with Gasteiger partial charge in [-0.15, -0.1) is 0 Å². The van der Waals surface area contributed by atoms with Crippen LogP contribution in [0.3, 0.4) is 0 Å². The number of nitrogens with zero attached hydrogens (tertiary/aromatic N) is 1. The fourth-order valence-electron chi connectivity index (χ4n) is 3.43. The first kappa shape index (κ1) is 19.6. The van der Waals surface area contributed by atoms with Gasteiger partial charge in [0.25, 0.3) is 5.56 Å². The van der Waals surface area contributed by atoms with Crippen LogP contribution in [0.2, 0.25) is 0 Å². The second-order valence-corrected chi connectivity index (χ2v) is 9.28. The minimum Gasteiger partial charge on any atom is -0.352 e. The Hall–Kier alpha value is -2.19. The average molecular weight is 391 g/mol. The molecule has 0 radical (unpaired) electrons. The first-order valence-corrected chi connectivity index (χ1v) is 10.9. The maximum atomic E-state index is 12.4. The number of aromatic amines is 1. The van der Waals surface area contributed by atoms with Crippen LogP contribution in [0.25, 0.3) is 10.9 Å². The summed E-state index contributed by atoms with van der Waals surface area (Å²) in [4.78, 5) is 27.6. The number of hydrogen-bond donors (Lipinski definition) is 2. The van der Waals surface area contributed by atoms with Crippen molar-refractivity contribution in [1.29, 1.82) is 0 Å². The van der Waals surface area contributed by atoms with Gasteiger partial charge in [0.15, 0.2) is 0 Å². The van der Waals surface area contributed by atoms with Gasteiger partial charge < -0.3 is 10.3 Å². The van der Waals surface area contributed by atoms with Gasteiger partial charge in [0.2, 0.25) is 15.9 Å². The molecule has 1 aliphatic heterocycles. The molecule has 8 heteroatoms. The van der Waals surface area contributed by atoms with E-state index in [2.05, 4.69) is 10.3 Å². The Morgan fingerprint density at radius 1 is 1.19 bits per heavy atom. The summed E-state index contributed by atoms with van der Waals surface area (Å²) in [6.07, 6.45) is 2.17. The first-order chi connectivity index (χ1) is 12.6. The van der Waals surface area contributed by atoms with E-state index in [1.54, 1.807) is 0 Å². The highest BCUT2D eigenvalue weighted by Gasteiger charge is 2.28. The summed E-state index contributed by atoms with van der Waals surface area (Å²) in [7, 11) is -3.21. The van der Waals surface area contributed by atoms with Crippen LogP contribution in [0.15, 0.2) is 23.0 Å². The lowest BCUT2D eigenvalue weighted by Crippen LogP contribution is -2.42. The number of piperidine rings is 1. The van der Waals surface area contributed by atoms with E-state index in [9.17, 15) is 18.0 Å². The van der Waals surface area contributed by atoms with E-state index < -0.39 is 10.0 Å². The van der Waals surface area contributed by atoms with Crippen molar-refractivity contribution in [2.45, 2.75) is 33.2 Å². The highest BCUT2D eigenvalue weighted by Crippen LogP contribution is 2.20. The highest BCUT2D eigenvalue weighted by molar-refractivity contribution is 7.88. The molecule has 2 aromatic rings. The molecule has 0 unspecified atom stereocenters. The number of aromatic nitrogens is 1. The second kappa shape index (κ2) is 7.44. The quantitative estimate of drug-likeness (QED) is 0.824. The van der Waals surface area contributed by atoms with Crippen LogP contribution in [0.1, 0.15) is 29.5 Å². The summed E-state index contributed by atoms with van der Waals surface area (Å²) >= 11 is 0. The van der Waals surface area contributed by atoms with E-state index >= 15 is 0 Å². The Morgan fingerprint density at radius 3 is 2.44 bits per heavy atom. The van der Waals surface area contributed by atoms with E-state index in [1.165, 1.54) is 10.6 Å². The van der Waals surface area contributed by atoms with Crippen LogP contribution < -0.4 is 10.9 Å². The summed E-state index contributed by atoms with van der Waals surface area (Å²) in [5.74, 6) is -0.366.